The first-order valence-corrected chi connectivity index (χ1v) is 17.4. The highest BCUT2D eigenvalue weighted by molar-refractivity contribution is 7.98. The van der Waals surface area contributed by atoms with Crippen molar-refractivity contribution in [3.63, 3.8) is 0 Å². The molecule has 0 spiro atoms. The fourth-order valence-corrected chi connectivity index (χ4v) is 7.68. The van der Waals surface area contributed by atoms with Gasteiger partial charge in [-0.25, -0.2) is 8.42 Å². The molecule has 0 amide bonds. The minimum Gasteiger partial charge on any atom is -0.496 e. The highest BCUT2D eigenvalue weighted by atomic mass is 32.2. The number of hydrogen-bond acceptors (Lipinski definition) is 10. The molecule has 1 aliphatic rings. The Kier molecular flexibility index (Phi) is 8.87. The molecule has 252 valence electrons. The summed E-state index contributed by atoms with van der Waals surface area (Å²) >= 11 is 1.12. The Morgan fingerprint density at radius 3 is 2.39 bits per heavy atom. The van der Waals surface area contributed by atoms with Crippen LogP contribution in [-0.4, -0.2) is 71.1 Å². The molecule has 4 aromatic carbocycles. The van der Waals surface area contributed by atoms with Crippen molar-refractivity contribution in [2.24, 2.45) is 0 Å². The van der Waals surface area contributed by atoms with Crippen LogP contribution in [0, 0.1) is 0 Å². The SMILES string of the molecule is COc1cc2ccccc2cc1-c1nnc(CSc2nnc(-c3cccc(S(=O)(=O)N4CCOCC4)c3)n2-c2cccc(C(F)(F)F)c2)o1. The van der Waals surface area contributed by atoms with Crippen LogP contribution in [0.15, 0.2) is 99.4 Å². The Morgan fingerprint density at radius 1 is 0.878 bits per heavy atom. The summed E-state index contributed by atoms with van der Waals surface area (Å²) in [6.45, 7) is 0.971. The molecular formula is C33H27F3N6O5S2. The van der Waals surface area contributed by atoms with Gasteiger partial charge in [0.05, 0.1) is 47.8 Å². The molecular weight excluding hydrogens is 682 g/mol. The number of methoxy groups -OCH3 is 1. The van der Waals surface area contributed by atoms with Gasteiger partial charge in [0.15, 0.2) is 11.0 Å². The number of rotatable bonds is 9. The smallest absolute Gasteiger partial charge is 0.416 e. The van der Waals surface area contributed by atoms with Crippen LogP contribution >= 0.6 is 11.8 Å². The number of hydrogen-bond donors (Lipinski definition) is 0. The number of aromatic nitrogens is 5. The molecule has 7 rings (SSSR count). The molecule has 0 bridgehead atoms. The molecule has 0 aliphatic carbocycles. The number of nitrogens with zero attached hydrogens (tertiary/aromatic N) is 6. The fraction of sp³-hybridized carbons (Fsp3) is 0.212. The van der Waals surface area contributed by atoms with Gasteiger partial charge in [0.25, 0.3) is 5.89 Å². The molecule has 2 aromatic heterocycles. The van der Waals surface area contributed by atoms with Crippen molar-refractivity contribution in [3.8, 4) is 34.3 Å². The molecule has 0 unspecified atom stereocenters. The Labute approximate surface area is 282 Å². The second kappa shape index (κ2) is 13.3. The quantitative estimate of drug-likeness (QED) is 0.154. The summed E-state index contributed by atoms with van der Waals surface area (Å²) in [4.78, 5) is 0.0159. The largest absolute Gasteiger partial charge is 0.496 e. The van der Waals surface area contributed by atoms with Crippen molar-refractivity contribution < 1.29 is 35.5 Å². The topological polar surface area (TPSA) is 125 Å². The molecule has 1 saturated heterocycles. The van der Waals surface area contributed by atoms with Gasteiger partial charge < -0.3 is 13.9 Å². The Bertz CT molecular complexity index is 2250. The normalized spacial score (nSPS) is 14.4. The number of morpholine rings is 1. The monoisotopic (exact) mass is 708 g/mol. The molecule has 0 atom stereocenters. The first kappa shape index (κ1) is 32.8. The molecule has 16 heteroatoms. The average Bonchev–Trinajstić information content (AvgIpc) is 3.78. The van der Waals surface area contributed by atoms with E-state index in [1.165, 1.54) is 33.1 Å². The Balaban J connectivity index is 1.23. The van der Waals surface area contributed by atoms with Gasteiger partial charge in [-0.2, -0.15) is 17.5 Å². The number of alkyl halides is 3. The van der Waals surface area contributed by atoms with Crippen LogP contribution in [-0.2, 0) is 26.7 Å². The highest BCUT2D eigenvalue weighted by Gasteiger charge is 2.32. The zero-order valence-electron chi connectivity index (χ0n) is 25.8. The van der Waals surface area contributed by atoms with E-state index in [1.54, 1.807) is 19.2 Å². The third-order valence-corrected chi connectivity index (χ3v) is 10.7. The molecule has 0 radical (unpaired) electrons. The van der Waals surface area contributed by atoms with E-state index in [2.05, 4.69) is 20.4 Å². The molecule has 6 aromatic rings. The van der Waals surface area contributed by atoms with E-state index in [-0.39, 0.29) is 65.4 Å². The van der Waals surface area contributed by atoms with Crippen molar-refractivity contribution in [2.75, 3.05) is 33.4 Å². The summed E-state index contributed by atoms with van der Waals surface area (Å²) in [6, 6.07) is 22.4. The van der Waals surface area contributed by atoms with Crippen LogP contribution in [0.4, 0.5) is 13.2 Å². The molecule has 3 heterocycles. The fourth-order valence-electron chi connectivity index (χ4n) is 5.44. The van der Waals surface area contributed by atoms with E-state index in [0.29, 0.717) is 16.9 Å². The molecule has 0 saturated carbocycles. The molecule has 0 N–H and O–H groups in total. The lowest BCUT2D eigenvalue weighted by molar-refractivity contribution is -0.137. The second-order valence-electron chi connectivity index (χ2n) is 10.9. The number of thioether (sulfide) groups is 1. The summed E-state index contributed by atoms with van der Waals surface area (Å²) in [5, 5.41) is 19.1. The van der Waals surface area contributed by atoms with E-state index in [0.717, 1.165) is 34.7 Å². The number of benzene rings is 4. The third kappa shape index (κ3) is 6.64. The predicted molar refractivity (Wildman–Crippen MR) is 175 cm³/mol. The zero-order valence-corrected chi connectivity index (χ0v) is 27.4. The summed E-state index contributed by atoms with van der Waals surface area (Å²) in [7, 11) is -2.32. The predicted octanol–water partition coefficient (Wildman–Crippen LogP) is 6.48. The van der Waals surface area contributed by atoms with Crippen molar-refractivity contribution >= 4 is 32.6 Å². The van der Waals surface area contributed by atoms with Gasteiger partial charge in [-0.05, 0) is 53.2 Å². The van der Waals surface area contributed by atoms with Gasteiger partial charge >= 0.3 is 6.18 Å². The van der Waals surface area contributed by atoms with Gasteiger partial charge in [0.1, 0.15) is 5.75 Å². The maximum atomic E-state index is 13.8. The lowest BCUT2D eigenvalue weighted by Gasteiger charge is -2.26. The summed E-state index contributed by atoms with van der Waals surface area (Å²) in [5.74, 6) is 1.26. The van der Waals surface area contributed by atoms with Crippen LogP contribution in [0.3, 0.4) is 0 Å². The highest BCUT2D eigenvalue weighted by Crippen LogP contribution is 2.37. The number of halogens is 3. The first-order valence-electron chi connectivity index (χ1n) is 15.0. The Morgan fingerprint density at radius 2 is 1.63 bits per heavy atom. The van der Waals surface area contributed by atoms with Crippen LogP contribution in [0.1, 0.15) is 11.5 Å². The Hall–Kier alpha value is -4.77. The minimum absolute atomic E-state index is 0.0159. The number of fused-ring (bicyclic) bond motifs is 1. The van der Waals surface area contributed by atoms with Gasteiger partial charge in [0.2, 0.25) is 15.9 Å². The maximum absolute atomic E-state index is 13.8. The van der Waals surface area contributed by atoms with Crippen molar-refractivity contribution in [2.45, 2.75) is 22.0 Å². The lowest BCUT2D eigenvalue weighted by Crippen LogP contribution is -2.40. The summed E-state index contributed by atoms with van der Waals surface area (Å²) < 4.78 is 87.8. The number of sulfonamides is 1. The van der Waals surface area contributed by atoms with E-state index >= 15 is 0 Å². The third-order valence-electron chi connectivity index (χ3n) is 7.85. The van der Waals surface area contributed by atoms with Crippen molar-refractivity contribution in [1.29, 1.82) is 0 Å². The van der Waals surface area contributed by atoms with Gasteiger partial charge in [-0.3, -0.25) is 4.57 Å². The van der Waals surface area contributed by atoms with E-state index < -0.39 is 21.8 Å². The molecule has 49 heavy (non-hydrogen) atoms. The van der Waals surface area contributed by atoms with Crippen LogP contribution in [0.25, 0.3) is 39.3 Å². The van der Waals surface area contributed by atoms with E-state index in [9.17, 15) is 21.6 Å². The molecule has 1 aliphatic heterocycles. The van der Waals surface area contributed by atoms with Crippen LogP contribution < -0.4 is 4.74 Å². The molecule has 1 fully saturated rings. The standard InChI is InChI=1S/C33H27F3N6O5S2/c1-45-28-18-22-7-3-2-6-21(22)17-27(28)31-39-37-29(47-31)20-48-32-40-38-30(42(32)25-10-5-9-24(19-25)33(34,35)36)23-8-4-11-26(16-23)49(43,44)41-12-14-46-15-13-41/h2-11,16-19H,12-15,20H2,1H3. The first-order chi connectivity index (χ1) is 23.6. The summed E-state index contributed by atoms with van der Waals surface area (Å²) in [6.07, 6.45) is -4.60. The zero-order chi connectivity index (χ0) is 34.2. The van der Waals surface area contributed by atoms with Crippen LogP contribution in [0.2, 0.25) is 0 Å². The molecule has 11 nitrogen and oxygen atoms in total. The second-order valence-corrected chi connectivity index (χ2v) is 13.8. The van der Waals surface area contributed by atoms with E-state index in [4.69, 9.17) is 13.9 Å². The minimum atomic E-state index is -4.60. The van der Waals surface area contributed by atoms with E-state index in [1.807, 2.05) is 36.4 Å². The van der Waals surface area contributed by atoms with Crippen molar-refractivity contribution in [1.82, 2.24) is 29.3 Å². The lowest BCUT2D eigenvalue weighted by atomic mass is 10.1. The summed E-state index contributed by atoms with van der Waals surface area (Å²) in [5.41, 5.74) is 0.210. The van der Waals surface area contributed by atoms with Gasteiger partial charge in [0, 0.05) is 18.7 Å². The number of ether oxygens (including phenoxy) is 2. The van der Waals surface area contributed by atoms with Crippen LogP contribution in [0.5, 0.6) is 5.75 Å². The van der Waals surface area contributed by atoms with Gasteiger partial charge in [-0.15, -0.1) is 20.4 Å². The maximum Gasteiger partial charge on any atom is 0.416 e. The average molecular weight is 709 g/mol. The van der Waals surface area contributed by atoms with Crippen molar-refractivity contribution in [3.05, 3.63) is 96.4 Å². The van der Waals surface area contributed by atoms with Gasteiger partial charge in [-0.1, -0.05) is 54.2 Å².